The Hall–Kier alpha value is -6.58. The molecule has 3 heteroatoms. The van der Waals surface area contributed by atoms with E-state index in [0.717, 1.165) is 50.6 Å². The number of para-hydroxylation sites is 1. The number of methoxy groups -OCH3 is 1. The third-order valence-electron chi connectivity index (χ3n) is 11.9. The first-order valence-electron chi connectivity index (χ1n) is 21.8. The third kappa shape index (κ3) is 8.90. The van der Waals surface area contributed by atoms with E-state index in [0.29, 0.717) is 0 Å². The van der Waals surface area contributed by atoms with Crippen LogP contribution in [0.4, 0.5) is 0 Å². The summed E-state index contributed by atoms with van der Waals surface area (Å²) in [6.07, 6.45) is 1.95. The van der Waals surface area contributed by atoms with Gasteiger partial charge in [0, 0.05) is 22.9 Å². The second-order valence-electron chi connectivity index (χ2n) is 19.6. The monoisotopic (exact) mass is 810 g/mol. The Kier molecular flexibility index (Phi) is 11.3. The largest absolute Gasteiger partial charge is 0.496 e. The smallest absolute Gasteiger partial charge is 0.128 e. The predicted octanol–water partition coefficient (Wildman–Crippen LogP) is 16.0. The van der Waals surface area contributed by atoms with Gasteiger partial charge in [0.2, 0.25) is 0 Å². The molecule has 8 aromatic rings. The van der Waals surface area contributed by atoms with E-state index >= 15 is 0 Å². The average Bonchev–Trinajstić information content (AvgIpc) is 3.28. The molecule has 0 bridgehead atoms. The molecule has 62 heavy (non-hydrogen) atoms. The molecule has 0 aliphatic rings. The maximum absolute atomic E-state index is 5.89. The molecule has 0 aliphatic heterocycles. The summed E-state index contributed by atoms with van der Waals surface area (Å²) in [5.41, 5.74) is 18.8. The van der Waals surface area contributed by atoms with Gasteiger partial charge in [-0.05, 0) is 132 Å². The Labute approximate surface area is 369 Å². The Morgan fingerprint density at radius 1 is 0.355 bits per heavy atom. The molecule has 2 aromatic heterocycles. The zero-order valence-corrected chi connectivity index (χ0v) is 38.0. The molecule has 0 atom stereocenters. The summed E-state index contributed by atoms with van der Waals surface area (Å²) in [7, 11) is 1.72. The summed E-state index contributed by atoms with van der Waals surface area (Å²) in [5.74, 6) is 0.789. The number of rotatable bonds is 8. The normalized spacial score (nSPS) is 12.0. The van der Waals surface area contributed by atoms with Gasteiger partial charge in [-0.25, -0.2) is 4.98 Å². The summed E-state index contributed by atoms with van der Waals surface area (Å²) in [5, 5.41) is 0. The minimum Gasteiger partial charge on any atom is -0.496 e. The summed E-state index contributed by atoms with van der Waals surface area (Å²) < 4.78 is 5.89. The molecule has 310 valence electrons. The van der Waals surface area contributed by atoms with Crippen LogP contribution < -0.4 is 4.74 Å². The minimum atomic E-state index is -0.0451. The highest BCUT2D eigenvalue weighted by Crippen LogP contribution is 2.45. The molecule has 0 unspecified atom stereocenters. The van der Waals surface area contributed by atoms with Crippen LogP contribution >= 0.6 is 0 Å². The van der Waals surface area contributed by atoms with Crippen LogP contribution in [0.5, 0.6) is 5.75 Å². The van der Waals surface area contributed by atoms with Crippen LogP contribution in [0.2, 0.25) is 0 Å². The number of aromatic nitrogens is 2. The fourth-order valence-electron chi connectivity index (χ4n) is 8.16. The number of ether oxygens (including phenoxy) is 1. The maximum atomic E-state index is 5.89. The molecule has 0 saturated carbocycles. The molecule has 0 spiro atoms. The lowest BCUT2D eigenvalue weighted by Gasteiger charge is -2.26. The van der Waals surface area contributed by atoms with Crippen LogP contribution in [0.1, 0.15) is 79.0 Å². The van der Waals surface area contributed by atoms with Gasteiger partial charge in [-0.2, -0.15) is 0 Å². The van der Waals surface area contributed by atoms with E-state index in [-0.39, 0.29) is 16.2 Å². The molecule has 3 nitrogen and oxygen atoms in total. The number of hydrogen-bond donors (Lipinski definition) is 0. The Balaban J connectivity index is 1.31. The highest BCUT2D eigenvalue weighted by atomic mass is 16.5. The van der Waals surface area contributed by atoms with E-state index in [1.165, 1.54) is 50.1 Å². The number of pyridine rings is 2. The maximum Gasteiger partial charge on any atom is 0.128 e. The van der Waals surface area contributed by atoms with Crippen LogP contribution in [0.25, 0.3) is 78.3 Å². The van der Waals surface area contributed by atoms with Gasteiger partial charge in [0.15, 0.2) is 0 Å². The van der Waals surface area contributed by atoms with Gasteiger partial charge in [0.1, 0.15) is 5.75 Å². The summed E-state index contributed by atoms with van der Waals surface area (Å²) >= 11 is 0. The van der Waals surface area contributed by atoms with Gasteiger partial charge in [-0.3, -0.25) is 4.98 Å². The van der Waals surface area contributed by atoms with Crippen molar-refractivity contribution in [1.82, 2.24) is 9.97 Å². The number of hydrogen-bond acceptors (Lipinski definition) is 3. The van der Waals surface area contributed by atoms with Gasteiger partial charge in [-0.15, -0.1) is 0 Å². The van der Waals surface area contributed by atoms with Crippen LogP contribution in [0.15, 0.2) is 170 Å². The first-order valence-corrected chi connectivity index (χ1v) is 21.8. The lowest BCUT2D eigenvalue weighted by atomic mass is 9.79. The van der Waals surface area contributed by atoms with Crippen molar-refractivity contribution in [2.24, 2.45) is 0 Å². The average molecular weight is 811 g/mol. The molecule has 2 heterocycles. The van der Waals surface area contributed by atoms with E-state index in [2.05, 4.69) is 208 Å². The topological polar surface area (TPSA) is 35.0 Å². The number of benzene rings is 6. The Morgan fingerprint density at radius 3 is 1.39 bits per heavy atom. The van der Waals surface area contributed by atoms with Crippen molar-refractivity contribution in [3.8, 4) is 84.0 Å². The van der Waals surface area contributed by atoms with Gasteiger partial charge in [0.25, 0.3) is 0 Å². The van der Waals surface area contributed by atoms with E-state index in [9.17, 15) is 0 Å². The fraction of sp³-hybridized carbons (Fsp3) is 0.220. The molecule has 0 N–H and O–H groups in total. The molecule has 0 aliphatic carbocycles. The Morgan fingerprint density at radius 2 is 0.823 bits per heavy atom. The highest BCUT2D eigenvalue weighted by Gasteiger charge is 2.24. The predicted molar refractivity (Wildman–Crippen MR) is 263 cm³/mol. The van der Waals surface area contributed by atoms with Gasteiger partial charge >= 0.3 is 0 Å². The minimum absolute atomic E-state index is 0.0223. The third-order valence-corrected chi connectivity index (χ3v) is 11.9. The van der Waals surface area contributed by atoms with Gasteiger partial charge in [-0.1, -0.05) is 172 Å². The SMILES string of the molecule is COc1ccccc1-c1cc(-c2cc(C(C)(C)C)cc(C(C)(C)C)c2)cc(-c2cccc(-c3cc(-c4c(-c5ccccc5)cc(C(C)(C)C)cc4-c4ccccc4)ccn3)c2)n1. The van der Waals surface area contributed by atoms with Crippen molar-refractivity contribution in [2.45, 2.75) is 78.6 Å². The first-order chi connectivity index (χ1) is 29.6. The van der Waals surface area contributed by atoms with E-state index in [4.69, 9.17) is 14.7 Å². The van der Waals surface area contributed by atoms with Crippen LogP contribution in [0, 0.1) is 0 Å². The molecule has 0 radical (unpaired) electrons. The van der Waals surface area contributed by atoms with E-state index < -0.39 is 0 Å². The zero-order chi connectivity index (χ0) is 43.8. The van der Waals surface area contributed by atoms with Crippen molar-refractivity contribution in [3.05, 3.63) is 187 Å². The van der Waals surface area contributed by atoms with Crippen molar-refractivity contribution in [2.75, 3.05) is 7.11 Å². The van der Waals surface area contributed by atoms with Gasteiger partial charge < -0.3 is 4.74 Å². The molecular formula is C59H58N2O. The second kappa shape index (κ2) is 16.7. The van der Waals surface area contributed by atoms with Crippen LogP contribution in [-0.2, 0) is 16.2 Å². The Bertz CT molecular complexity index is 2780. The first kappa shape index (κ1) is 42.1. The standard InChI is InChI=1S/C59H58N2O/c1-57(2,3)46-31-44(32-47(36-46)58(4,5)6)45-34-53(61-54(35-45)49-26-17-18-27-55(49)62-10)42-25-19-24-41(30-42)52-33-43(28-29-60-52)56-50(39-20-13-11-14-21-39)37-48(59(7,8)9)38-51(56)40-22-15-12-16-23-40/h11-38H,1-10H3. The molecule has 6 aromatic carbocycles. The lowest BCUT2D eigenvalue weighted by molar-refractivity contribution is 0.416. The van der Waals surface area contributed by atoms with Crippen molar-refractivity contribution in [1.29, 1.82) is 0 Å². The zero-order valence-electron chi connectivity index (χ0n) is 38.0. The van der Waals surface area contributed by atoms with Crippen molar-refractivity contribution < 1.29 is 4.74 Å². The molecule has 0 saturated heterocycles. The molecule has 0 amide bonds. The van der Waals surface area contributed by atoms with Crippen LogP contribution in [-0.4, -0.2) is 17.1 Å². The van der Waals surface area contributed by atoms with Crippen molar-refractivity contribution in [3.63, 3.8) is 0 Å². The van der Waals surface area contributed by atoms with E-state index in [1.807, 2.05) is 24.4 Å². The molecular weight excluding hydrogens is 753 g/mol. The summed E-state index contributed by atoms with van der Waals surface area (Å²) in [6.45, 7) is 20.6. The molecule has 0 fully saturated rings. The van der Waals surface area contributed by atoms with E-state index in [1.54, 1.807) is 7.11 Å². The lowest BCUT2D eigenvalue weighted by Crippen LogP contribution is -2.16. The fourth-order valence-corrected chi connectivity index (χ4v) is 8.16. The number of nitrogens with zero attached hydrogens (tertiary/aromatic N) is 2. The van der Waals surface area contributed by atoms with Crippen molar-refractivity contribution >= 4 is 0 Å². The second-order valence-corrected chi connectivity index (χ2v) is 19.6. The summed E-state index contributed by atoms with van der Waals surface area (Å²) in [6, 6.07) is 59.1. The molecule has 8 rings (SSSR count). The summed E-state index contributed by atoms with van der Waals surface area (Å²) in [4.78, 5) is 10.4. The highest BCUT2D eigenvalue weighted by molar-refractivity contribution is 5.96. The quantitative estimate of drug-likeness (QED) is 0.153. The van der Waals surface area contributed by atoms with Crippen LogP contribution in [0.3, 0.4) is 0 Å². The van der Waals surface area contributed by atoms with Gasteiger partial charge in [0.05, 0.1) is 24.2 Å².